The van der Waals surface area contributed by atoms with Crippen LogP contribution in [0.5, 0.6) is 0 Å². The maximum Gasteiger partial charge on any atom is 0.178 e. The lowest BCUT2D eigenvalue weighted by Crippen LogP contribution is -2.63. The molecular weight excluding hydrogens is 400 g/mol. The average molecular weight is 443 g/mol. The van der Waals surface area contributed by atoms with Gasteiger partial charge in [-0.1, -0.05) is 32.4 Å². The number of hydrogen-bond acceptors (Lipinski definition) is 4. The minimum atomic E-state index is -0.828. The van der Waals surface area contributed by atoms with Gasteiger partial charge in [-0.3, -0.25) is 4.79 Å². The number of fused-ring (bicyclic) bond motifs is 5. The summed E-state index contributed by atoms with van der Waals surface area (Å²) >= 11 is 0. The van der Waals surface area contributed by atoms with Gasteiger partial charge < -0.3 is 14.9 Å². The lowest BCUT2D eigenvalue weighted by molar-refractivity contribution is -0.288. The molecule has 10 atom stereocenters. The first-order valence-corrected chi connectivity index (χ1v) is 12.8. The van der Waals surface area contributed by atoms with Crippen molar-refractivity contribution in [1.29, 1.82) is 0 Å². The smallest absolute Gasteiger partial charge is 0.178 e. The molecule has 32 heavy (non-hydrogen) atoms. The van der Waals surface area contributed by atoms with Crippen molar-refractivity contribution in [3.05, 3.63) is 23.8 Å². The molecule has 1 heterocycles. The topological polar surface area (TPSA) is 66.8 Å². The summed E-state index contributed by atoms with van der Waals surface area (Å²) in [5.74, 6) is 2.34. The minimum absolute atomic E-state index is 0.0667. The standard InChI is InChI=1S/C28H42O4/c1-16(23-15-28(6,32-23)25(2,3)31)19-7-8-20-24-21(10-12-27(19,20)5)26(4)11-9-18(29)13-17(26)14-22(24)30/h9,11,13,16,19-24,30-31H,7-8,10,12,14-15H2,1-6H3/t16-,19+,20-,21-,22+,23+,24-,26-,27+,28+/m0/s1. The monoisotopic (exact) mass is 442 g/mol. The summed E-state index contributed by atoms with van der Waals surface area (Å²) in [6.45, 7) is 12.9. The average Bonchev–Trinajstić information content (AvgIpc) is 3.02. The van der Waals surface area contributed by atoms with Crippen molar-refractivity contribution in [3.63, 3.8) is 0 Å². The molecule has 4 nitrogen and oxygen atoms in total. The van der Waals surface area contributed by atoms with E-state index < -0.39 is 11.2 Å². The second kappa shape index (κ2) is 7.02. The first-order chi connectivity index (χ1) is 14.8. The normalized spacial score (nSPS) is 51.2. The molecule has 0 aromatic heterocycles. The Bertz CT molecular complexity index is 859. The second-order valence-corrected chi connectivity index (χ2v) is 13.0. The highest BCUT2D eigenvalue weighted by Crippen LogP contribution is 2.67. The Morgan fingerprint density at radius 3 is 2.50 bits per heavy atom. The van der Waals surface area contributed by atoms with E-state index in [1.807, 2.05) is 20.8 Å². The van der Waals surface area contributed by atoms with E-state index in [0.29, 0.717) is 36.0 Å². The van der Waals surface area contributed by atoms with Crippen molar-refractivity contribution in [2.75, 3.05) is 0 Å². The van der Waals surface area contributed by atoms with E-state index >= 15 is 0 Å². The zero-order valence-corrected chi connectivity index (χ0v) is 20.7. The Hall–Kier alpha value is -0.970. The molecule has 4 heteroatoms. The summed E-state index contributed by atoms with van der Waals surface area (Å²) in [7, 11) is 0. The van der Waals surface area contributed by atoms with Gasteiger partial charge in [0.1, 0.15) is 0 Å². The number of ether oxygens (including phenoxy) is 1. The maximum absolute atomic E-state index is 12.0. The highest BCUT2D eigenvalue weighted by Gasteiger charge is 2.63. The summed E-state index contributed by atoms with van der Waals surface area (Å²) < 4.78 is 6.37. The summed E-state index contributed by atoms with van der Waals surface area (Å²) in [4.78, 5) is 12.0. The fourth-order valence-corrected chi connectivity index (χ4v) is 8.73. The van der Waals surface area contributed by atoms with Crippen molar-refractivity contribution in [2.24, 2.45) is 40.4 Å². The molecule has 0 bridgehead atoms. The SMILES string of the molecule is C[C@@H]([C@H]1CC[C@H]2[C@@H]3[C@H](O)CC4=CC(=O)C=C[C@]4(C)[C@H]3CC[C@]12C)[C@H]1C[C@](C)(C(C)(C)O)O1. The summed E-state index contributed by atoms with van der Waals surface area (Å²) in [5.41, 5.74) is -0.0136. The third-order valence-electron chi connectivity index (χ3n) is 11.2. The number of carbonyl (C=O) groups is 1. The summed E-state index contributed by atoms with van der Waals surface area (Å²) in [6, 6.07) is 0. The Morgan fingerprint density at radius 2 is 1.84 bits per heavy atom. The van der Waals surface area contributed by atoms with Gasteiger partial charge in [-0.05, 0) is 100 Å². The van der Waals surface area contributed by atoms with Crippen LogP contribution in [-0.2, 0) is 9.53 Å². The number of aliphatic hydroxyl groups excluding tert-OH is 1. The first-order valence-electron chi connectivity index (χ1n) is 12.8. The van der Waals surface area contributed by atoms with E-state index in [1.54, 1.807) is 12.2 Å². The molecule has 0 aromatic rings. The molecule has 0 spiro atoms. The van der Waals surface area contributed by atoms with Crippen molar-refractivity contribution in [2.45, 2.75) is 103 Å². The molecular formula is C28H42O4. The maximum atomic E-state index is 12.0. The van der Waals surface area contributed by atoms with Crippen LogP contribution in [0.25, 0.3) is 0 Å². The molecule has 0 radical (unpaired) electrons. The van der Waals surface area contributed by atoms with Gasteiger partial charge in [-0.15, -0.1) is 0 Å². The van der Waals surface area contributed by atoms with E-state index in [2.05, 4.69) is 26.8 Å². The van der Waals surface area contributed by atoms with Crippen molar-refractivity contribution >= 4 is 5.78 Å². The Kier molecular flexibility index (Phi) is 5.00. The fraction of sp³-hybridized carbons (Fsp3) is 0.821. The number of ketones is 1. The molecule has 178 valence electrons. The van der Waals surface area contributed by atoms with Crippen LogP contribution in [0.4, 0.5) is 0 Å². The van der Waals surface area contributed by atoms with Gasteiger partial charge >= 0.3 is 0 Å². The van der Waals surface area contributed by atoms with E-state index in [4.69, 9.17) is 4.74 Å². The number of carbonyl (C=O) groups excluding carboxylic acids is 1. The lowest BCUT2D eigenvalue weighted by Gasteiger charge is -2.60. The predicted molar refractivity (Wildman–Crippen MR) is 125 cm³/mol. The number of hydrogen-bond donors (Lipinski definition) is 2. The predicted octanol–water partition coefficient (Wildman–Crippen LogP) is 4.84. The molecule has 0 amide bonds. The molecule has 2 N–H and O–H groups in total. The fourth-order valence-electron chi connectivity index (χ4n) is 8.73. The molecule has 0 unspecified atom stereocenters. The zero-order chi connectivity index (χ0) is 23.3. The molecule has 5 aliphatic rings. The van der Waals surface area contributed by atoms with E-state index in [-0.39, 0.29) is 28.8 Å². The highest BCUT2D eigenvalue weighted by molar-refractivity contribution is 6.01. The van der Waals surface area contributed by atoms with Gasteiger partial charge in [-0.2, -0.15) is 0 Å². The summed E-state index contributed by atoms with van der Waals surface area (Å²) in [6.07, 6.45) is 11.8. The Labute approximate surface area is 193 Å². The first kappa shape index (κ1) is 22.8. The highest BCUT2D eigenvalue weighted by atomic mass is 16.6. The van der Waals surface area contributed by atoms with E-state index in [1.165, 1.54) is 19.3 Å². The quantitative estimate of drug-likeness (QED) is 0.657. The molecule has 1 saturated heterocycles. The molecule has 4 aliphatic carbocycles. The van der Waals surface area contributed by atoms with Crippen molar-refractivity contribution in [1.82, 2.24) is 0 Å². The van der Waals surface area contributed by atoms with Gasteiger partial charge in [-0.25, -0.2) is 0 Å². The number of aliphatic hydroxyl groups is 2. The number of allylic oxidation sites excluding steroid dienone is 3. The third-order valence-corrected chi connectivity index (χ3v) is 11.2. The van der Waals surface area contributed by atoms with Gasteiger partial charge in [0.15, 0.2) is 5.78 Å². The molecule has 3 saturated carbocycles. The van der Waals surface area contributed by atoms with Crippen LogP contribution in [0.15, 0.2) is 23.8 Å². The molecule has 5 rings (SSSR count). The van der Waals surface area contributed by atoms with Crippen molar-refractivity contribution in [3.8, 4) is 0 Å². The van der Waals surface area contributed by atoms with Crippen LogP contribution in [0.1, 0.15) is 80.1 Å². The Morgan fingerprint density at radius 1 is 1.16 bits per heavy atom. The lowest BCUT2D eigenvalue weighted by atomic mass is 9.46. The van der Waals surface area contributed by atoms with E-state index in [9.17, 15) is 15.0 Å². The summed E-state index contributed by atoms with van der Waals surface area (Å²) in [5, 5.41) is 21.8. The van der Waals surface area contributed by atoms with Gasteiger partial charge in [0.05, 0.1) is 23.4 Å². The van der Waals surface area contributed by atoms with Crippen LogP contribution in [0.3, 0.4) is 0 Å². The Balaban J connectivity index is 1.37. The number of rotatable bonds is 3. The van der Waals surface area contributed by atoms with Gasteiger partial charge in [0.2, 0.25) is 0 Å². The van der Waals surface area contributed by atoms with Crippen LogP contribution in [-0.4, -0.2) is 39.4 Å². The third kappa shape index (κ3) is 3.01. The minimum Gasteiger partial charge on any atom is -0.392 e. The second-order valence-electron chi connectivity index (χ2n) is 13.0. The largest absolute Gasteiger partial charge is 0.392 e. The van der Waals surface area contributed by atoms with Crippen LogP contribution in [0, 0.1) is 40.4 Å². The van der Waals surface area contributed by atoms with Gasteiger partial charge in [0.25, 0.3) is 0 Å². The van der Waals surface area contributed by atoms with E-state index in [0.717, 1.165) is 18.4 Å². The van der Waals surface area contributed by atoms with Gasteiger partial charge in [0, 0.05) is 11.8 Å². The van der Waals surface area contributed by atoms with Crippen LogP contribution >= 0.6 is 0 Å². The molecule has 0 aromatic carbocycles. The van der Waals surface area contributed by atoms with Crippen LogP contribution < -0.4 is 0 Å². The molecule has 4 fully saturated rings. The van der Waals surface area contributed by atoms with Crippen LogP contribution in [0.2, 0.25) is 0 Å². The molecule has 1 aliphatic heterocycles. The van der Waals surface area contributed by atoms with Crippen molar-refractivity contribution < 1.29 is 19.7 Å². The zero-order valence-electron chi connectivity index (χ0n) is 20.7.